The van der Waals surface area contributed by atoms with Gasteiger partial charge in [0.25, 0.3) is 0 Å². The summed E-state index contributed by atoms with van der Waals surface area (Å²) in [6.45, 7) is 3.95. The van der Waals surface area contributed by atoms with Gasteiger partial charge in [-0.15, -0.1) is 0 Å². The van der Waals surface area contributed by atoms with Gasteiger partial charge in [-0.3, -0.25) is 9.29 Å². The Kier molecular flexibility index (Phi) is 7.40. The van der Waals surface area contributed by atoms with Gasteiger partial charge in [0.05, 0.1) is 18.8 Å². The minimum atomic E-state index is -0.982. The molecular formula is C28H34F3N3O2. The molecular weight excluding hydrogens is 467 g/mol. The molecule has 5 nitrogen and oxygen atoms in total. The third-order valence-electron chi connectivity index (χ3n) is 7.85. The van der Waals surface area contributed by atoms with Crippen LogP contribution in [0.25, 0.3) is 10.9 Å². The van der Waals surface area contributed by atoms with E-state index in [9.17, 15) is 14.6 Å². The number of halogens is 3. The molecule has 2 aliphatic heterocycles. The van der Waals surface area contributed by atoms with Crippen molar-refractivity contribution < 1.29 is 23.4 Å². The number of para-hydroxylation sites is 1. The summed E-state index contributed by atoms with van der Waals surface area (Å²) in [5.74, 6) is -1.50. The monoisotopic (exact) mass is 501 g/mol. The summed E-state index contributed by atoms with van der Waals surface area (Å²) in [7, 11) is 0. The summed E-state index contributed by atoms with van der Waals surface area (Å²) in [6, 6.07) is 9.76. The van der Waals surface area contributed by atoms with Crippen molar-refractivity contribution in [2.75, 3.05) is 39.5 Å². The van der Waals surface area contributed by atoms with Crippen LogP contribution < -0.4 is 0 Å². The highest BCUT2D eigenvalue weighted by atomic mass is 19.1. The predicted molar refractivity (Wildman–Crippen MR) is 134 cm³/mol. The second-order valence-electron chi connectivity index (χ2n) is 10.2. The minimum absolute atomic E-state index is 0.00463. The van der Waals surface area contributed by atoms with Crippen molar-refractivity contribution in [2.45, 2.75) is 44.4 Å². The first kappa shape index (κ1) is 25.3. The van der Waals surface area contributed by atoms with Gasteiger partial charge in [-0.05, 0) is 55.5 Å². The van der Waals surface area contributed by atoms with Crippen LogP contribution in [-0.4, -0.2) is 70.5 Å². The number of aliphatic hydroxyl groups is 2. The fraction of sp³-hybridized carbons (Fsp3) is 0.500. The molecule has 194 valence electrons. The summed E-state index contributed by atoms with van der Waals surface area (Å²) in [6.07, 6.45) is 0.700. The van der Waals surface area contributed by atoms with Crippen LogP contribution in [0, 0.1) is 17.6 Å². The van der Waals surface area contributed by atoms with Gasteiger partial charge in [0.1, 0.15) is 11.6 Å². The zero-order valence-electron chi connectivity index (χ0n) is 20.6. The van der Waals surface area contributed by atoms with Crippen molar-refractivity contribution in [3.05, 3.63) is 70.4 Å². The second-order valence-corrected chi connectivity index (χ2v) is 10.2. The number of aromatic nitrogens is 1. The number of alkyl halides is 1. The van der Waals surface area contributed by atoms with E-state index in [2.05, 4.69) is 9.88 Å². The van der Waals surface area contributed by atoms with E-state index in [0.717, 1.165) is 28.6 Å². The summed E-state index contributed by atoms with van der Waals surface area (Å²) in [4.78, 5) is 7.51. The smallest absolute Gasteiger partial charge is 0.131 e. The number of aliphatic hydroxyl groups excluding tert-OH is 2. The highest BCUT2D eigenvalue weighted by Crippen LogP contribution is 2.43. The number of H-pyrrole nitrogens is 1. The Morgan fingerprint density at radius 3 is 2.50 bits per heavy atom. The molecule has 0 bridgehead atoms. The molecule has 0 spiro atoms. The SMILES string of the molecule is C[C@@H]1Cc2c([nH]c3ccccc23)C(c2c(F)cc([C@@H](O)C3CN(CCCF)C3)cc2F)N1CCCO. The van der Waals surface area contributed by atoms with Crippen LogP contribution in [0.2, 0.25) is 0 Å². The number of hydrogen-bond acceptors (Lipinski definition) is 4. The molecule has 1 saturated heterocycles. The summed E-state index contributed by atoms with van der Waals surface area (Å²) in [5, 5.41) is 21.3. The number of rotatable bonds is 9. The van der Waals surface area contributed by atoms with Crippen molar-refractivity contribution in [3.8, 4) is 0 Å². The zero-order chi connectivity index (χ0) is 25.4. The van der Waals surface area contributed by atoms with Crippen molar-refractivity contribution >= 4 is 10.9 Å². The Balaban J connectivity index is 1.50. The van der Waals surface area contributed by atoms with Gasteiger partial charge in [-0.2, -0.15) is 0 Å². The number of nitrogens with zero attached hydrogens (tertiary/aromatic N) is 2. The normalized spacial score (nSPS) is 22.1. The minimum Gasteiger partial charge on any atom is -0.396 e. The standard InChI is InChI=1S/C28H34F3N3O2/c1-17-12-21-20-6-2-3-7-24(20)32-26(21)27(34(17)10-5-11-35)25-22(30)13-18(14-23(25)31)28(36)19-15-33(16-19)9-4-8-29/h2-3,6-7,13-14,17,19,27-28,32,35-36H,4-5,8-12,15-16H2,1H3/t17-,27?,28-/m1/s1. The van der Waals surface area contributed by atoms with Crippen LogP contribution in [0.3, 0.4) is 0 Å². The fourth-order valence-electron chi connectivity index (χ4n) is 6.00. The van der Waals surface area contributed by atoms with Crippen LogP contribution >= 0.6 is 0 Å². The Morgan fingerprint density at radius 1 is 1.08 bits per heavy atom. The number of hydrogen-bond donors (Lipinski definition) is 3. The highest BCUT2D eigenvalue weighted by Gasteiger charge is 2.39. The van der Waals surface area contributed by atoms with E-state index < -0.39 is 23.8 Å². The largest absolute Gasteiger partial charge is 0.396 e. The molecule has 2 aromatic carbocycles. The zero-order valence-corrected chi connectivity index (χ0v) is 20.6. The number of benzene rings is 2. The van der Waals surface area contributed by atoms with Crippen molar-refractivity contribution in [2.24, 2.45) is 5.92 Å². The first-order valence-electron chi connectivity index (χ1n) is 12.8. The van der Waals surface area contributed by atoms with E-state index in [4.69, 9.17) is 0 Å². The van der Waals surface area contributed by atoms with E-state index in [1.807, 2.05) is 36.1 Å². The molecule has 0 radical (unpaired) electrons. The van der Waals surface area contributed by atoms with Gasteiger partial charge in [-0.25, -0.2) is 8.78 Å². The van der Waals surface area contributed by atoms with Gasteiger partial charge in [0, 0.05) is 66.9 Å². The maximum absolute atomic E-state index is 15.8. The number of fused-ring (bicyclic) bond motifs is 3. The summed E-state index contributed by atoms with van der Waals surface area (Å²) >= 11 is 0. The van der Waals surface area contributed by atoms with E-state index >= 15 is 8.78 Å². The maximum atomic E-state index is 15.8. The molecule has 3 aromatic rings. The molecule has 3 N–H and O–H groups in total. The quantitative estimate of drug-likeness (QED) is 0.404. The first-order chi connectivity index (χ1) is 17.4. The lowest BCUT2D eigenvalue weighted by Gasteiger charge is -2.42. The predicted octanol–water partition coefficient (Wildman–Crippen LogP) is 4.49. The average Bonchev–Trinajstić information content (AvgIpc) is 3.20. The Labute approximate surface area is 209 Å². The molecule has 2 aliphatic rings. The first-order valence-corrected chi connectivity index (χ1v) is 12.8. The lowest BCUT2D eigenvalue weighted by Crippen LogP contribution is -2.49. The van der Waals surface area contributed by atoms with E-state index in [1.54, 1.807) is 0 Å². The van der Waals surface area contributed by atoms with Crippen LogP contribution in [-0.2, 0) is 6.42 Å². The van der Waals surface area contributed by atoms with Crippen LogP contribution in [0.5, 0.6) is 0 Å². The summed E-state index contributed by atoms with van der Waals surface area (Å²) in [5.41, 5.74) is 2.96. The number of likely N-dealkylation sites (tertiary alicyclic amines) is 1. The Morgan fingerprint density at radius 2 is 1.81 bits per heavy atom. The van der Waals surface area contributed by atoms with E-state index in [1.165, 1.54) is 12.1 Å². The topological polar surface area (TPSA) is 62.7 Å². The van der Waals surface area contributed by atoms with Crippen LogP contribution in [0.4, 0.5) is 13.2 Å². The van der Waals surface area contributed by atoms with Crippen molar-refractivity contribution in [1.82, 2.24) is 14.8 Å². The molecule has 0 amide bonds. The fourth-order valence-corrected chi connectivity index (χ4v) is 6.00. The molecule has 5 rings (SSSR count). The number of aromatic amines is 1. The van der Waals surface area contributed by atoms with Gasteiger partial charge in [0.2, 0.25) is 0 Å². The third kappa shape index (κ3) is 4.56. The second kappa shape index (κ2) is 10.5. The molecule has 0 saturated carbocycles. The molecule has 0 aliphatic carbocycles. The molecule has 1 unspecified atom stereocenters. The molecule has 3 atom stereocenters. The van der Waals surface area contributed by atoms with Gasteiger partial charge in [0.15, 0.2) is 0 Å². The number of nitrogens with one attached hydrogen (secondary N) is 1. The summed E-state index contributed by atoms with van der Waals surface area (Å²) < 4.78 is 43.9. The molecule has 1 fully saturated rings. The maximum Gasteiger partial charge on any atom is 0.131 e. The third-order valence-corrected chi connectivity index (χ3v) is 7.85. The van der Waals surface area contributed by atoms with Crippen LogP contribution in [0.1, 0.15) is 54.3 Å². The molecule has 36 heavy (non-hydrogen) atoms. The molecule has 3 heterocycles. The lowest BCUT2D eigenvalue weighted by molar-refractivity contribution is -0.00640. The van der Waals surface area contributed by atoms with E-state index in [0.29, 0.717) is 39.0 Å². The van der Waals surface area contributed by atoms with Crippen LogP contribution in [0.15, 0.2) is 36.4 Å². The average molecular weight is 502 g/mol. The highest BCUT2D eigenvalue weighted by molar-refractivity contribution is 5.85. The van der Waals surface area contributed by atoms with Crippen molar-refractivity contribution in [1.29, 1.82) is 0 Å². The Hall–Kier alpha value is -2.39. The van der Waals surface area contributed by atoms with Gasteiger partial charge < -0.3 is 20.1 Å². The molecule has 1 aromatic heterocycles. The van der Waals surface area contributed by atoms with Crippen molar-refractivity contribution in [3.63, 3.8) is 0 Å². The van der Waals surface area contributed by atoms with Gasteiger partial charge in [-0.1, -0.05) is 18.2 Å². The van der Waals surface area contributed by atoms with E-state index in [-0.39, 0.29) is 36.4 Å². The van der Waals surface area contributed by atoms with Gasteiger partial charge >= 0.3 is 0 Å². The Bertz CT molecular complexity index is 1190. The molecule has 8 heteroatoms. The lowest BCUT2D eigenvalue weighted by atomic mass is 9.85.